The van der Waals surface area contributed by atoms with Gasteiger partial charge in [-0.1, -0.05) is 20.3 Å². The van der Waals surface area contributed by atoms with Crippen molar-refractivity contribution in [1.82, 2.24) is 10.3 Å². The maximum absolute atomic E-state index is 5.44. The quantitative estimate of drug-likeness (QED) is 0.294. The van der Waals surface area contributed by atoms with E-state index >= 15 is 0 Å². The summed E-state index contributed by atoms with van der Waals surface area (Å²) in [6.07, 6.45) is 3.43. The lowest BCUT2D eigenvalue weighted by Gasteiger charge is -2.23. The highest BCUT2D eigenvalue weighted by atomic mass is 15.4. The molecule has 0 aromatic heterocycles. The van der Waals surface area contributed by atoms with Crippen LogP contribution in [0, 0.1) is 0 Å². The van der Waals surface area contributed by atoms with Crippen molar-refractivity contribution >= 4 is 5.96 Å². The van der Waals surface area contributed by atoms with Gasteiger partial charge in [0, 0.05) is 19.6 Å². The maximum atomic E-state index is 5.44. The molecule has 0 radical (unpaired) electrons. The number of nitrogens with two attached hydrogens (primary N) is 1. The lowest BCUT2D eigenvalue weighted by Crippen LogP contribution is -2.45. The summed E-state index contributed by atoms with van der Waals surface area (Å²) in [6.45, 7) is 9.23. The Labute approximate surface area is 87.5 Å². The molecule has 0 heterocycles. The standard InChI is InChI=1S/C10H24N4/c1-4-7-9-14(6-3)10(13-11)12-8-5-2/h4-9,11H2,1-3H3,(H,12,13). The zero-order chi connectivity index (χ0) is 10.8. The summed E-state index contributed by atoms with van der Waals surface area (Å²) in [4.78, 5) is 6.57. The first-order chi connectivity index (χ1) is 6.79. The van der Waals surface area contributed by atoms with Crippen molar-refractivity contribution < 1.29 is 0 Å². The van der Waals surface area contributed by atoms with Crippen LogP contribution in [-0.4, -0.2) is 30.5 Å². The third-order valence-electron chi connectivity index (χ3n) is 2.08. The molecule has 84 valence electrons. The number of hydrazine groups is 1. The van der Waals surface area contributed by atoms with Gasteiger partial charge in [-0.3, -0.25) is 10.4 Å². The van der Waals surface area contributed by atoms with E-state index in [0.29, 0.717) is 0 Å². The van der Waals surface area contributed by atoms with E-state index in [1.54, 1.807) is 0 Å². The van der Waals surface area contributed by atoms with Gasteiger partial charge >= 0.3 is 0 Å². The third kappa shape index (κ3) is 5.07. The van der Waals surface area contributed by atoms with Crippen LogP contribution in [0.25, 0.3) is 0 Å². The summed E-state index contributed by atoms with van der Waals surface area (Å²) < 4.78 is 0. The van der Waals surface area contributed by atoms with E-state index in [-0.39, 0.29) is 0 Å². The Balaban J connectivity index is 4.13. The summed E-state index contributed by atoms with van der Waals surface area (Å²) >= 11 is 0. The molecule has 0 aliphatic heterocycles. The lowest BCUT2D eigenvalue weighted by molar-refractivity contribution is 0.411. The Hall–Kier alpha value is -0.770. The van der Waals surface area contributed by atoms with Crippen molar-refractivity contribution in [1.29, 1.82) is 0 Å². The summed E-state index contributed by atoms with van der Waals surface area (Å²) in [7, 11) is 0. The second-order valence-electron chi connectivity index (χ2n) is 3.28. The first-order valence-corrected chi connectivity index (χ1v) is 5.56. The van der Waals surface area contributed by atoms with Crippen molar-refractivity contribution in [2.24, 2.45) is 10.8 Å². The minimum atomic E-state index is 0.822. The number of hydrogen-bond donors (Lipinski definition) is 2. The smallest absolute Gasteiger partial charge is 0.208 e. The molecule has 0 aromatic carbocycles. The van der Waals surface area contributed by atoms with Gasteiger partial charge in [0.25, 0.3) is 0 Å². The highest BCUT2D eigenvalue weighted by Crippen LogP contribution is 1.95. The molecule has 3 N–H and O–H groups in total. The molecule has 14 heavy (non-hydrogen) atoms. The van der Waals surface area contributed by atoms with Crippen LogP contribution in [0.5, 0.6) is 0 Å². The monoisotopic (exact) mass is 200 g/mol. The number of unbranched alkanes of at least 4 members (excludes halogenated alkanes) is 1. The maximum Gasteiger partial charge on any atom is 0.208 e. The largest absolute Gasteiger partial charge is 0.342 e. The van der Waals surface area contributed by atoms with Crippen LogP contribution in [0.1, 0.15) is 40.0 Å². The first-order valence-electron chi connectivity index (χ1n) is 5.56. The number of guanidine groups is 1. The SMILES string of the molecule is CCCCN(CC)C(=NCCC)NN. The van der Waals surface area contributed by atoms with E-state index in [2.05, 4.69) is 36.1 Å². The van der Waals surface area contributed by atoms with Gasteiger partial charge < -0.3 is 4.90 Å². The van der Waals surface area contributed by atoms with Gasteiger partial charge in [0.2, 0.25) is 5.96 Å². The van der Waals surface area contributed by atoms with E-state index in [1.807, 2.05) is 0 Å². The van der Waals surface area contributed by atoms with Gasteiger partial charge in [0.15, 0.2) is 0 Å². The minimum absolute atomic E-state index is 0.822. The molecule has 4 nitrogen and oxygen atoms in total. The lowest BCUT2D eigenvalue weighted by atomic mass is 10.3. The van der Waals surface area contributed by atoms with Crippen LogP contribution < -0.4 is 11.3 Å². The van der Waals surface area contributed by atoms with Gasteiger partial charge in [0.1, 0.15) is 0 Å². The highest BCUT2D eigenvalue weighted by Gasteiger charge is 2.05. The molecule has 0 rings (SSSR count). The Morgan fingerprint density at radius 1 is 1.29 bits per heavy atom. The van der Waals surface area contributed by atoms with E-state index in [0.717, 1.165) is 32.0 Å². The topological polar surface area (TPSA) is 53.6 Å². The van der Waals surface area contributed by atoms with Crippen LogP contribution in [-0.2, 0) is 0 Å². The molecule has 0 atom stereocenters. The van der Waals surface area contributed by atoms with Crippen LogP contribution in [0.2, 0.25) is 0 Å². The van der Waals surface area contributed by atoms with E-state index < -0.39 is 0 Å². The minimum Gasteiger partial charge on any atom is -0.342 e. The van der Waals surface area contributed by atoms with Gasteiger partial charge in [0.05, 0.1) is 0 Å². The fourth-order valence-corrected chi connectivity index (χ4v) is 1.22. The number of hydrogen-bond acceptors (Lipinski definition) is 2. The van der Waals surface area contributed by atoms with Crippen molar-refractivity contribution in [2.75, 3.05) is 19.6 Å². The molecular weight excluding hydrogens is 176 g/mol. The molecule has 0 aliphatic carbocycles. The predicted octanol–water partition coefficient (Wildman–Crippen LogP) is 1.34. The van der Waals surface area contributed by atoms with Gasteiger partial charge in [-0.2, -0.15) is 0 Å². The van der Waals surface area contributed by atoms with Crippen LogP contribution in [0.4, 0.5) is 0 Å². The van der Waals surface area contributed by atoms with E-state index in [9.17, 15) is 0 Å². The Morgan fingerprint density at radius 3 is 2.43 bits per heavy atom. The summed E-state index contributed by atoms with van der Waals surface area (Å²) in [5, 5.41) is 0. The summed E-state index contributed by atoms with van der Waals surface area (Å²) in [5.41, 5.74) is 2.67. The number of nitrogens with zero attached hydrogens (tertiary/aromatic N) is 2. The molecule has 0 fully saturated rings. The second-order valence-corrected chi connectivity index (χ2v) is 3.28. The average molecular weight is 200 g/mol. The van der Waals surface area contributed by atoms with E-state index in [4.69, 9.17) is 5.84 Å². The number of nitrogens with one attached hydrogen (secondary N) is 1. The zero-order valence-corrected chi connectivity index (χ0v) is 9.71. The molecule has 0 aromatic rings. The van der Waals surface area contributed by atoms with Crippen molar-refractivity contribution in [3.63, 3.8) is 0 Å². The molecule has 0 saturated heterocycles. The molecule has 0 bridgehead atoms. The predicted molar refractivity (Wildman–Crippen MR) is 62.1 cm³/mol. The Morgan fingerprint density at radius 2 is 2.00 bits per heavy atom. The Kier molecular flexibility index (Phi) is 8.33. The van der Waals surface area contributed by atoms with Crippen LogP contribution in [0.3, 0.4) is 0 Å². The van der Waals surface area contributed by atoms with Gasteiger partial charge in [-0.25, -0.2) is 5.84 Å². The summed E-state index contributed by atoms with van der Waals surface area (Å²) in [6, 6.07) is 0. The normalized spacial score (nSPS) is 11.6. The van der Waals surface area contributed by atoms with Gasteiger partial charge in [-0.15, -0.1) is 0 Å². The highest BCUT2D eigenvalue weighted by molar-refractivity contribution is 5.79. The van der Waals surface area contributed by atoms with Crippen LogP contribution >= 0.6 is 0 Å². The Bertz CT molecular complexity index is 156. The third-order valence-corrected chi connectivity index (χ3v) is 2.08. The fraction of sp³-hybridized carbons (Fsp3) is 0.900. The molecule has 0 amide bonds. The molecule has 4 heteroatoms. The second kappa shape index (κ2) is 8.81. The number of aliphatic imine (C=N–C) groups is 1. The molecule has 0 saturated carbocycles. The van der Waals surface area contributed by atoms with Crippen molar-refractivity contribution in [2.45, 2.75) is 40.0 Å². The van der Waals surface area contributed by atoms with E-state index in [1.165, 1.54) is 12.8 Å². The average Bonchev–Trinajstić information content (AvgIpc) is 2.23. The fourth-order valence-electron chi connectivity index (χ4n) is 1.22. The molecule has 0 unspecified atom stereocenters. The van der Waals surface area contributed by atoms with Gasteiger partial charge in [-0.05, 0) is 19.8 Å². The number of rotatable bonds is 6. The molecular formula is C10H24N4. The van der Waals surface area contributed by atoms with Crippen molar-refractivity contribution in [3.8, 4) is 0 Å². The molecule has 0 spiro atoms. The first kappa shape index (κ1) is 13.2. The summed E-state index contributed by atoms with van der Waals surface area (Å²) in [5.74, 6) is 6.26. The molecule has 0 aliphatic rings. The van der Waals surface area contributed by atoms with Crippen molar-refractivity contribution in [3.05, 3.63) is 0 Å². The van der Waals surface area contributed by atoms with Crippen LogP contribution in [0.15, 0.2) is 4.99 Å². The zero-order valence-electron chi connectivity index (χ0n) is 9.71.